The number of hydrogen-bond acceptors (Lipinski definition) is 4. The van der Waals surface area contributed by atoms with Gasteiger partial charge in [0.25, 0.3) is 0 Å². The fourth-order valence-corrected chi connectivity index (χ4v) is 4.97. The van der Waals surface area contributed by atoms with Gasteiger partial charge in [0, 0.05) is 23.3 Å². The van der Waals surface area contributed by atoms with E-state index in [0.717, 1.165) is 10.0 Å². The lowest BCUT2D eigenvalue weighted by Gasteiger charge is -2.10. The summed E-state index contributed by atoms with van der Waals surface area (Å²) < 4.78 is 30.4. The summed E-state index contributed by atoms with van der Waals surface area (Å²) in [6, 6.07) is 7.63. The minimum Gasteiger partial charge on any atom is -0.383 e. The highest BCUT2D eigenvalue weighted by Gasteiger charge is 2.68. The molecule has 0 aromatic heterocycles. The largest absolute Gasteiger partial charge is 0.383 e. The summed E-state index contributed by atoms with van der Waals surface area (Å²) in [5.41, 5.74) is 6.40. The first-order valence-corrected chi connectivity index (χ1v) is 8.62. The van der Waals surface area contributed by atoms with E-state index in [1.807, 2.05) is 24.3 Å². The molecule has 0 spiro atoms. The summed E-state index contributed by atoms with van der Waals surface area (Å²) in [6.45, 7) is 1.90. The van der Waals surface area contributed by atoms with Crippen LogP contribution < -0.4 is 5.73 Å². The molecule has 1 fully saturated rings. The van der Waals surface area contributed by atoms with Crippen molar-refractivity contribution in [2.45, 2.75) is 23.6 Å². The van der Waals surface area contributed by atoms with Gasteiger partial charge in [-0.05, 0) is 17.7 Å². The van der Waals surface area contributed by atoms with Gasteiger partial charge >= 0.3 is 0 Å². The van der Waals surface area contributed by atoms with Crippen LogP contribution in [0, 0.1) is 0 Å². The van der Waals surface area contributed by atoms with E-state index in [4.69, 9.17) is 10.5 Å². The molecule has 1 aromatic carbocycles. The van der Waals surface area contributed by atoms with Crippen molar-refractivity contribution in [3.05, 3.63) is 34.3 Å². The molecule has 0 bridgehead atoms. The number of hydrogen-bond donors (Lipinski definition) is 1. The average molecular weight is 348 g/mol. The minimum atomic E-state index is -3.18. The van der Waals surface area contributed by atoms with Gasteiger partial charge in [-0.2, -0.15) is 0 Å². The number of methoxy groups -OCH3 is 1. The van der Waals surface area contributed by atoms with Crippen molar-refractivity contribution in [3.63, 3.8) is 0 Å². The molecule has 1 saturated carbocycles. The molecule has 2 N–H and O–H groups in total. The number of ether oxygens (including phenoxy) is 1. The van der Waals surface area contributed by atoms with Crippen LogP contribution in [0.1, 0.15) is 18.4 Å². The van der Waals surface area contributed by atoms with Crippen LogP contribution in [0.15, 0.2) is 28.7 Å². The molecule has 3 atom stereocenters. The Labute approximate surface area is 122 Å². The van der Waals surface area contributed by atoms with Crippen LogP contribution in [0.25, 0.3) is 0 Å². The van der Waals surface area contributed by atoms with Gasteiger partial charge in [-0.15, -0.1) is 0 Å². The number of benzene rings is 1. The molecule has 0 radical (unpaired) electrons. The molecular weight excluding hydrogens is 330 g/mol. The summed E-state index contributed by atoms with van der Waals surface area (Å²) in [7, 11) is -1.64. The van der Waals surface area contributed by atoms with E-state index in [0.29, 0.717) is 0 Å². The highest BCUT2D eigenvalue weighted by Crippen LogP contribution is 2.54. The number of nitrogens with two attached hydrogens (primary N) is 1. The predicted octanol–water partition coefficient (Wildman–Crippen LogP) is 1.69. The molecule has 106 valence electrons. The molecule has 4 nitrogen and oxygen atoms in total. The van der Waals surface area contributed by atoms with E-state index in [-0.39, 0.29) is 18.3 Å². The zero-order valence-corrected chi connectivity index (χ0v) is 13.4. The minimum absolute atomic E-state index is 0.105. The zero-order chi connectivity index (χ0) is 14.3. The van der Waals surface area contributed by atoms with Crippen LogP contribution in [0.2, 0.25) is 0 Å². The molecule has 1 aromatic rings. The molecule has 0 unspecified atom stereocenters. The summed E-state index contributed by atoms with van der Waals surface area (Å²) in [6.07, 6.45) is 0. The lowest BCUT2D eigenvalue weighted by atomic mass is 10.1. The first-order chi connectivity index (χ1) is 8.86. The van der Waals surface area contributed by atoms with Crippen molar-refractivity contribution in [1.29, 1.82) is 0 Å². The Morgan fingerprint density at radius 1 is 1.37 bits per heavy atom. The van der Waals surface area contributed by atoms with E-state index in [2.05, 4.69) is 15.9 Å². The molecule has 1 aliphatic carbocycles. The monoisotopic (exact) mass is 347 g/mol. The Morgan fingerprint density at radius 2 is 1.95 bits per heavy atom. The van der Waals surface area contributed by atoms with E-state index in [1.165, 1.54) is 0 Å². The van der Waals surface area contributed by atoms with Gasteiger partial charge in [-0.25, -0.2) is 8.42 Å². The SMILES string of the molecule is CCS(=O)(=O)[C@H]1[C@@H](c2ccc(Br)cc2)[C@@]1(N)COC. The molecule has 19 heavy (non-hydrogen) atoms. The van der Waals surface area contributed by atoms with Crippen LogP contribution in [-0.4, -0.2) is 38.7 Å². The molecule has 0 saturated heterocycles. The average Bonchev–Trinajstić information content (AvgIpc) is 2.97. The molecule has 0 amide bonds. The summed E-state index contributed by atoms with van der Waals surface area (Å²) in [4.78, 5) is 0. The highest BCUT2D eigenvalue weighted by atomic mass is 79.9. The van der Waals surface area contributed by atoms with E-state index < -0.39 is 20.6 Å². The van der Waals surface area contributed by atoms with E-state index in [1.54, 1.807) is 14.0 Å². The number of sulfone groups is 1. The number of halogens is 1. The lowest BCUT2D eigenvalue weighted by molar-refractivity contribution is 0.171. The maximum Gasteiger partial charge on any atom is 0.155 e. The van der Waals surface area contributed by atoms with Crippen molar-refractivity contribution in [2.24, 2.45) is 5.73 Å². The normalized spacial score (nSPS) is 30.3. The third kappa shape index (κ3) is 2.59. The lowest BCUT2D eigenvalue weighted by Crippen LogP contribution is -2.36. The number of rotatable bonds is 5. The fraction of sp³-hybridized carbons (Fsp3) is 0.538. The third-order valence-electron chi connectivity index (χ3n) is 3.72. The van der Waals surface area contributed by atoms with Crippen LogP contribution in [0.5, 0.6) is 0 Å². The summed E-state index contributed by atoms with van der Waals surface area (Å²) >= 11 is 3.37. The zero-order valence-electron chi connectivity index (χ0n) is 11.0. The van der Waals surface area contributed by atoms with Gasteiger partial charge in [0.2, 0.25) is 0 Å². The Kier molecular flexibility index (Phi) is 4.07. The highest BCUT2D eigenvalue weighted by molar-refractivity contribution is 9.10. The maximum atomic E-state index is 12.2. The smallest absolute Gasteiger partial charge is 0.155 e. The Bertz CT molecular complexity index is 558. The third-order valence-corrected chi connectivity index (χ3v) is 6.53. The predicted molar refractivity (Wildman–Crippen MR) is 78.9 cm³/mol. The second kappa shape index (κ2) is 5.16. The first kappa shape index (κ1) is 15.0. The van der Waals surface area contributed by atoms with Crippen molar-refractivity contribution < 1.29 is 13.2 Å². The molecule has 1 aliphatic rings. The van der Waals surface area contributed by atoms with Gasteiger partial charge in [0.1, 0.15) is 0 Å². The van der Waals surface area contributed by atoms with Gasteiger partial charge < -0.3 is 10.5 Å². The maximum absolute atomic E-state index is 12.2. The molecule has 0 heterocycles. The Balaban J connectivity index is 2.36. The second-order valence-corrected chi connectivity index (χ2v) is 8.27. The first-order valence-electron chi connectivity index (χ1n) is 6.11. The Morgan fingerprint density at radius 3 is 2.42 bits per heavy atom. The van der Waals surface area contributed by atoms with Gasteiger partial charge in [-0.3, -0.25) is 0 Å². The van der Waals surface area contributed by atoms with Gasteiger partial charge in [-0.1, -0.05) is 35.0 Å². The second-order valence-electron chi connectivity index (χ2n) is 4.95. The topological polar surface area (TPSA) is 69.4 Å². The molecule has 2 rings (SSSR count). The van der Waals surface area contributed by atoms with Crippen LogP contribution in [0.4, 0.5) is 0 Å². The van der Waals surface area contributed by atoms with Crippen LogP contribution in [-0.2, 0) is 14.6 Å². The van der Waals surface area contributed by atoms with Crippen molar-refractivity contribution in [1.82, 2.24) is 0 Å². The molecule has 6 heteroatoms. The summed E-state index contributed by atoms with van der Waals surface area (Å²) in [5.74, 6) is -0.0848. The molecule has 0 aliphatic heterocycles. The van der Waals surface area contributed by atoms with E-state index in [9.17, 15) is 8.42 Å². The quantitative estimate of drug-likeness (QED) is 0.879. The van der Waals surface area contributed by atoms with Crippen molar-refractivity contribution in [3.8, 4) is 0 Å². The Hall–Kier alpha value is -0.430. The fourth-order valence-electron chi connectivity index (χ4n) is 2.72. The summed E-state index contributed by atoms with van der Waals surface area (Å²) in [5, 5.41) is -0.550. The van der Waals surface area contributed by atoms with Gasteiger partial charge in [0.15, 0.2) is 9.84 Å². The molecular formula is C13H18BrNO3S. The van der Waals surface area contributed by atoms with Crippen LogP contribution >= 0.6 is 15.9 Å². The van der Waals surface area contributed by atoms with E-state index >= 15 is 0 Å². The van der Waals surface area contributed by atoms with Crippen molar-refractivity contribution >= 4 is 25.8 Å². The van der Waals surface area contributed by atoms with Crippen LogP contribution in [0.3, 0.4) is 0 Å². The standard InChI is InChI=1S/C13H18BrNO3S/c1-3-19(16,17)12-11(13(12,15)8-18-2)9-4-6-10(14)7-5-9/h4-7,11-12H,3,8,15H2,1-2H3/t11-,12+,13+/m1/s1. The van der Waals surface area contributed by atoms with Gasteiger partial charge in [0.05, 0.1) is 17.4 Å². The van der Waals surface area contributed by atoms with Crippen molar-refractivity contribution in [2.75, 3.05) is 19.5 Å².